The average Bonchev–Trinajstić information content (AvgIpc) is 2.01. The Labute approximate surface area is 92.7 Å². The Kier molecular flexibility index (Phi) is 6.36. The van der Waals surface area contributed by atoms with E-state index in [1.54, 1.807) is 0 Å². The molecule has 4 nitrogen and oxygen atoms in total. The number of nitrogens with zero attached hydrogens (tertiary/aromatic N) is 1. The standard InChI is InChI=1S/C7H11NO3S.Cu/c1-7(2,5(9)4-12)6(10)8(3)11;/h4,11H,1-3H3;. The van der Waals surface area contributed by atoms with Gasteiger partial charge in [-0.2, -0.15) is 0 Å². The number of Topliss-reactive ketones (excluding diaryl/α,β-unsaturated/α-hetero) is 1. The van der Waals surface area contributed by atoms with Crippen LogP contribution in [0.25, 0.3) is 0 Å². The molecule has 0 aromatic carbocycles. The number of hydrogen-bond donors (Lipinski definition) is 1. The Hall–Kier alpha value is -0.291. The van der Waals surface area contributed by atoms with Crippen LogP contribution >= 0.6 is 12.2 Å². The van der Waals surface area contributed by atoms with Gasteiger partial charge in [-0.1, -0.05) is 12.2 Å². The van der Waals surface area contributed by atoms with Crippen molar-refractivity contribution in [2.24, 2.45) is 5.41 Å². The zero-order chi connectivity index (χ0) is 9.94. The van der Waals surface area contributed by atoms with Gasteiger partial charge in [-0.05, 0) is 13.8 Å². The molecule has 0 aliphatic rings. The first-order valence-electron chi connectivity index (χ1n) is 3.30. The Balaban J connectivity index is 0. The van der Waals surface area contributed by atoms with E-state index >= 15 is 0 Å². The third-order valence-corrected chi connectivity index (χ3v) is 1.77. The molecular weight excluding hydrogens is 242 g/mol. The average molecular weight is 253 g/mol. The van der Waals surface area contributed by atoms with Gasteiger partial charge >= 0.3 is 0 Å². The number of hydroxylamine groups is 2. The molecular formula is C7H11CuNO3S. The van der Waals surface area contributed by atoms with Crippen LogP contribution in [-0.2, 0) is 26.7 Å². The Bertz CT molecular complexity index is 228. The quantitative estimate of drug-likeness (QED) is 0.260. The van der Waals surface area contributed by atoms with Crippen molar-refractivity contribution in [2.75, 3.05) is 7.05 Å². The van der Waals surface area contributed by atoms with E-state index in [0.29, 0.717) is 5.06 Å². The first-order valence-corrected chi connectivity index (χ1v) is 3.77. The van der Waals surface area contributed by atoms with E-state index in [2.05, 4.69) is 12.2 Å². The molecule has 0 fully saturated rings. The van der Waals surface area contributed by atoms with Gasteiger partial charge in [-0.15, -0.1) is 0 Å². The van der Waals surface area contributed by atoms with Gasteiger partial charge in [0.25, 0.3) is 5.91 Å². The summed E-state index contributed by atoms with van der Waals surface area (Å²) in [5.74, 6) is -1.16. The minimum atomic E-state index is -1.27. The number of ketones is 1. The van der Waals surface area contributed by atoms with E-state index < -0.39 is 17.1 Å². The molecule has 1 N–H and O–H groups in total. The zero-order valence-corrected chi connectivity index (χ0v) is 9.26. The summed E-state index contributed by atoms with van der Waals surface area (Å²) < 4.78 is 0. The maximum Gasteiger partial charge on any atom is 0.259 e. The molecule has 0 aromatic rings. The molecule has 1 amide bonds. The van der Waals surface area contributed by atoms with E-state index in [1.807, 2.05) is 0 Å². The van der Waals surface area contributed by atoms with Crippen molar-refractivity contribution in [1.29, 1.82) is 0 Å². The molecule has 13 heavy (non-hydrogen) atoms. The van der Waals surface area contributed by atoms with Gasteiger partial charge in [0, 0.05) is 29.5 Å². The van der Waals surface area contributed by atoms with Crippen molar-refractivity contribution in [3.8, 4) is 0 Å². The molecule has 0 unspecified atom stereocenters. The molecule has 1 radical (unpaired) electrons. The fraction of sp³-hybridized carbons (Fsp3) is 0.571. The van der Waals surface area contributed by atoms with Crippen molar-refractivity contribution >= 4 is 29.3 Å². The monoisotopic (exact) mass is 252 g/mol. The maximum absolute atomic E-state index is 11.2. The van der Waals surface area contributed by atoms with Crippen LogP contribution in [0.1, 0.15) is 13.8 Å². The van der Waals surface area contributed by atoms with Crippen molar-refractivity contribution in [2.45, 2.75) is 13.8 Å². The van der Waals surface area contributed by atoms with Crippen LogP contribution in [0, 0.1) is 5.41 Å². The molecule has 0 aliphatic carbocycles. The number of carbonyl (C=O) groups excluding carboxylic acids is 2. The first-order chi connectivity index (χ1) is 5.34. The molecule has 0 atom stereocenters. The number of carbonyl (C=O) groups is 2. The predicted octanol–water partition coefficient (Wildman–Crippen LogP) is 0.426. The van der Waals surface area contributed by atoms with Gasteiger partial charge in [0.2, 0.25) is 0 Å². The first kappa shape index (κ1) is 15.2. The third kappa shape index (κ3) is 3.52. The maximum atomic E-state index is 11.2. The minimum Gasteiger partial charge on any atom is -0.293 e. The summed E-state index contributed by atoms with van der Waals surface area (Å²) in [5.41, 5.74) is -1.27. The Morgan fingerprint density at radius 1 is 1.46 bits per heavy atom. The second-order valence-electron chi connectivity index (χ2n) is 2.94. The molecule has 79 valence electrons. The molecule has 0 aromatic heterocycles. The predicted molar refractivity (Wildman–Crippen MR) is 47.0 cm³/mol. The van der Waals surface area contributed by atoms with Crippen LogP contribution in [0.4, 0.5) is 0 Å². The summed E-state index contributed by atoms with van der Waals surface area (Å²) in [6, 6.07) is 0. The number of thiocarbonyl (C=S) groups is 1. The number of amides is 1. The number of hydrogen-bond acceptors (Lipinski definition) is 4. The van der Waals surface area contributed by atoms with Gasteiger partial charge in [0.15, 0.2) is 5.78 Å². The summed E-state index contributed by atoms with van der Waals surface area (Å²) in [4.78, 5) is 22.2. The summed E-state index contributed by atoms with van der Waals surface area (Å²) in [5, 5.41) is 10.1. The fourth-order valence-corrected chi connectivity index (χ4v) is 0.952. The molecule has 0 rings (SSSR count). The number of rotatable bonds is 3. The largest absolute Gasteiger partial charge is 0.293 e. The van der Waals surface area contributed by atoms with Crippen LogP contribution in [0.5, 0.6) is 0 Å². The normalized spacial score (nSPS) is 9.85. The van der Waals surface area contributed by atoms with Gasteiger partial charge in [0.1, 0.15) is 5.41 Å². The molecule has 0 saturated heterocycles. The van der Waals surface area contributed by atoms with Crippen molar-refractivity contribution in [1.82, 2.24) is 5.06 Å². The third-order valence-electron chi connectivity index (χ3n) is 1.55. The minimum absolute atomic E-state index is 0. The molecule has 0 aliphatic heterocycles. The molecule has 6 heteroatoms. The molecule has 0 heterocycles. The van der Waals surface area contributed by atoms with E-state index in [0.717, 1.165) is 5.37 Å². The summed E-state index contributed by atoms with van der Waals surface area (Å²) >= 11 is 4.40. The summed E-state index contributed by atoms with van der Waals surface area (Å²) in [6.07, 6.45) is 0. The summed E-state index contributed by atoms with van der Waals surface area (Å²) in [7, 11) is 1.17. The van der Waals surface area contributed by atoms with E-state index in [4.69, 9.17) is 5.21 Å². The fourth-order valence-electron chi connectivity index (χ4n) is 0.657. The zero-order valence-electron chi connectivity index (χ0n) is 7.50. The topological polar surface area (TPSA) is 57.6 Å². The Morgan fingerprint density at radius 3 is 2.08 bits per heavy atom. The van der Waals surface area contributed by atoms with Crippen LogP contribution < -0.4 is 0 Å². The van der Waals surface area contributed by atoms with Gasteiger partial charge in [-0.25, -0.2) is 5.06 Å². The van der Waals surface area contributed by atoms with Crippen LogP contribution in [0.2, 0.25) is 0 Å². The van der Waals surface area contributed by atoms with Crippen LogP contribution in [0.3, 0.4) is 0 Å². The Morgan fingerprint density at radius 2 is 1.85 bits per heavy atom. The second-order valence-corrected chi connectivity index (χ2v) is 3.17. The van der Waals surface area contributed by atoms with E-state index in [-0.39, 0.29) is 17.1 Å². The van der Waals surface area contributed by atoms with Gasteiger partial charge in [0.05, 0.1) is 0 Å². The SMILES string of the molecule is CN(O)C(=O)C(C)(C)C(=O)C=S.[Cu]. The van der Waals surface area contributed by atoms with Gasteiger partial charge < -0.3 is 0 Å². The van der Waals surface area contributed by atoms with Crippen LogP contribution in [0.15, 0.2) is 0 Å². The van der Waals surface area contributed by atoms with E-state index in [1.165, 1.54) is 20.9 Å². The van der Waals surface area contributed by atoms with Gasteiger partial charge in [-0.3, -0.25) is 14.8 Å². The van der Waals surface area contributed by atoms with E-state index in [9.17, 15) is 9.59 Å². The molecule has 0 saturated carbocycles. The molecule has 0 spiro atoms. The second kappa shape index (κ2) is 5.44. The van der Waals surface area contributed by atoms with Crippen molar-refractivity contribution < 1.29 is 31.9 Å². The van der Waals surface area contributed by atoms with Crippen LogP contribution in [-0.4, -0.2) is 34.4 Å². The van der Waals surface area contributed by atoms with Crippen molar-refractivity contribution in [3.05, 3.63) is 0 Å². The molecule has 0 bridgehead atoms. The summed E-state index contributed by atoms with van der Waals surface area (Å²) in [6.45, 7) is 2.82. The van der Waals surface area contributed by atoms with Crippen molar-refractivity contribution in [3.63, 3.8) is 0 Å². The smallest absolute Gasteiger partial charge is 0.259 e.